The van der Waals surface area contributed by atoms with Gasteiger partial charge in [-0.2, -0.15) is 0 Å². The number of ether oxygens (including phenoxy) is 2. The molecular formula is C19H29N3O2. The van der Waals surface area contributed by atoms with E-state index in [0.29, 0.717) is 5.92 Å². The highest BCUT2D eigenvalue weighted by Gasteiger charge is 2.41. The molecule has 24 heavy (non-hydrogen) atoms. The van der Waals surface area contributed by atoms with Gasteiger partial charge in [0.1, 0.15) is 5.82 Å². The van der Waals surface area contributed by atoms with Gasteiger partial charge in [0.15, 0.2) is 5.79 Å². The van der Waals surface area contributed by atoms with Crippen molar-refractivity contribution in [1.29, 1.82) is 0 Å². The van der Waals surface area contributed by atoms with Crippen molar-refractivity contribution in [3.05, 3.63) is 23.9 Å². The Hall–Kier alpha value is -1.17. The van der Waals surface area contributed by atoms with E-state index in [9.17, 15) is 0 Å². The monoisotopic (exact) mass is 331 g/mol. The minimum Gasteiger partial charge on any atom is -0.357 e. The summed E-state index contributed by atoms with van der Waals surface area (Å²) < 4.78 is 11.8. The van der Waals surface area contributed by atoms with Crippen LogP contribution in [-0.2, 0) is 16.0 Å². The van der Waals surface area contributed by atoms with Crippen LogP contribution in [0.4, 0.5) is 5.82 Å². The summed E-state index contributed by atoms with van der Waals surface area (Å²) in [6.07, 6.45) is 7.05. The van der Waals surface area contributed by atoms with Gasteiger partial charge in [-0.1, -0.05) is 6.07 Å². The molecule has 0 N–H and O–H groups in total. The summed E-state index contributed by atoms with van der Waals surface area (Å²) in [5, 5.41) is 0. The fraction of sp³-hybridized carbons (Fsp3) is 0.737. The van der Waals surface area contributed by atoms with Crippen LogP contribution >= 0.6 is 0 Å². The Bertz CT molecular complexity index is 536. The number of hydrogen-bond donors (Lipinski definition) is 0. The molecule has 0 saturated carbocycles. The third-order valence-electron chi connectivity index (χ3n) is 5.75. The van der Waals surface area contributed by atoms with E-state index in [1.807, 2.05) is 0 Å². The molecule has 0 bridgehead atoms. The second-order valence-electron chi connectivity index (χ2n) is 7.51. The summed E-state index contributed by atoms with van der Waals surface area (Å²) in [6.45, 7) is 9.05. The van der Waals surface area contributed by atoms with Crippen molar-refractivity contribution in [3.8, 4) is 0 Å². The average molecular weight is 331 g/mol. The fourth-order valence-electron chi connectivity index (χ4n) is 4.29. The van der Waals surface area contributed by atoms with Crippen LogP contribution in [0.25, 0.3) is 0 Å². The highest BCUT2D eigenvalue weighted by molar-refractivity contribution is 5.40. The van der Waals surface area contributed by atoms with Gasteiger partial charge in [-0.25, -0.2) is 4.98 Å². The van der Waals surface area contributed by atoms with E-state index in [0.717, 1.165) is 51.8 Å². The van der Waals surface area contributed by atoms with Gasteiger partial charge >= 0.3 is 0 Å². The van der Waals surface area contributed by atoms with Crippen molar-refractivity contribution in [2.24, 2.45) is 5.92 Å². The number of anilines is 1. The van der Waals surface area contributed by atoms with Crippen LogP contribution in [0, 0.1) is 5.92 Å². The Kier molecular flexibility index (Phi) is 4.74. The molecule has 0 aromatic carbocycles. The molecule has 0 radical (unpaired) electrons. The zero-order chi connectivity index (χ0) is 16.4. The molecule has 0 amide bonds. The number of rotatable bonds is 4. The minimum atomic E-state index is -0.378. The van der Waals surface area contributed by atoms with Gasteiger partial charge in [-0.15, -0.1) is 0 Å². The normalized spacial score (nSPS) is 27.7. The third-order valence-corrected chi connectivity index (χ3v) is 5.75. The highest BCUT2D eigenvalue weighted by Crippen LogP contribution is 2.34. The maximum absolute atomic E-state index is 5.88. The number of likely N-dealkylation sites (tertiary alicyclic amines) is 1. The summed E-state index contributed by atoms with van der Waals surface area (Å²) in [5.74, 6) is 1.22. The van der Waals surface area contributed by atoms with Crippen molar-refractivity contribution in [2.75, 3.05) is 44.3 Å². The Balaban J connectivity index is 1.36. The Morgan fingerprint density at radius 1 is 1.12 bits per heavy atom. The van der Waals surface area contributed by atoms with Gasteiger partial charge in [0.05, 0.1) is 13.2 Å². The van der Waals surface area contributed by atoms with Crippen molar-refractivity contribution >= 4 is 5.82 Å². The van der Waals surface area contributed by atoms with E-state index in [4.69, 9.17) is 9.47 Å². The molecule has 1 aromatic heterocycles. The van der Waals surface area contributed by atoms with E-state index < -0.39 is 0 Å². The topological polar surface area (TPSA) is 37.8 Å². The molecule has 0 unspecified atom stereocenters. The Morgan fingerprint density at radius 3 is 2.62 bits per heavy atom. The summed E-state index contributed by atoms with van der Waals surface area (Å²) in [7, 11) is 0. The number of nitrogens with zero attached hydrogens (tertiary/aromatic N) is 3. The first kappa shape index (κ1) is 16.3. The van der Waals surface area contributed by atoms with Crippen LogP contribution in [0.15, 0.2) is 18.3 Å². The smallest absolute Gasteiger partial charge is 0.169 e. The molecule has 3 saturated heterocycles. The Labute approximate surface area is 144 Å². The molecule has 4 rings (SSSR count). The predicted molar refractivity (Wildman–Crippen MR) is 94.0 cm³/mol. The minimum absolute atomic E-state index is 0.378. The van der Waals surface area contributed by atoms with E-state index in [2.05, 4.69) is 40.0 Å². The standard InChI is InChI=1S/C19H29N3O2/c1-19(23-11-12-24-19)17-5-4-8-21(15-17)14-16-6-7-18(20-13-16)22-9-2-3-10-22/h6-7,13,17H,2-5,8-12,14-15H2,1H3/t17-/m0/s1. The van der Waals surface area contributed by atoms with Gasteiger partial charge in [0.2, 0.25) is 0 Å². The lowest BCUT2D eigenvalue weighted by molar-refractivity contribution is -0.192. The first-order chi connectivity index (χ1) is 11.7. The van der Waals surface area contributed by atoms with E-state index in [1.54, 1.807) is 0 Å². The van der Waals surface area contributed by atoms with E-state index in [1.165, 1.54) is 31.2 Å². The highest BCUT2D eigenvalue weighted by atomic mass is 16.7. The molecular weight excluding hydrogens is 302 g/mol. The van der Waals surface area contributed by atoms with Crippen LogP contribution in [-0.4, -0.2) is 55.1 Å². The second-order valence-corrected chi connectivity index (χ2v) is 7.51. The molecule has 4 heterocycles. The van der Waals surface area contributed by atoms with Gasteiger partial charge in [0.25, 0.3) is 0 Å². The van der Waals surface area contributed by atoms with Crippen molar-refractivity contribution in [2.45, 2.75) is 44.9 Å². The van der Waals surface area contributed by atoms with Gasteiger partial charge in [-0.05, 0) is 50.8 Å². The molecule has 0 aliphatic carbocycles. The first-order valence-corrected chi connectivity index (χ1v) is 9.43. The molecule has 3 fully saturated rings. The molecule has 3 aliphatic rings. The molecule has 132 valence electrons. The third kappa shape index (κ3) is 3.44. The molecule has 1 aromatic rings. The zero-order valence-electron chi connectivity index (χ0n) is 14.7. The Morgan fingerprint density at radius 2 is 1.92 bits per heavy atom. The second kappa shape index (κ2) is 6.98. The summed E-state index contributed by atoms with van der Waals surface area (Å²) in [5.41, 5.74) is 1.30. The fourth-order valence-corrected chi connectivity index (χ4v) is 4.29. The number of piperidine rings is 1. The van der Waals surface area contributed by atoms with Crippen molar-refractivity contribution in [1.82, 2.24) is 9.88 Å². The van der Waals surface area contributed by atoms with Crippen LogP contribution < -0.4 is 4.90 Å². The quantitative estimate of drug-likeness (QED) is 0.848. The maximum atomic E-state index is 5.88. The first-order valence-electron chi connectivity index (χ1n) is 9.43. The van der Waals surface area contributed by atoms with Crippen molar-refractivity contribution < 1.29 is 9.47 Å². The number of hydrogen-bond acceptors (Lipinski definition) is 5. The van der Waals surface area contributed by atoms with Gasteiger partial charge in [0, 0.05) is 38.3 Å². The molecule has 5 nitrogen and oxygen atoms in total. The molecule has 1 atom stereocenters. The number of pyridine rings is 1. The maximum Gasteiger partial charge on any atom is 0.169 e. The van der Waals surface area contributed by atoms with Crippen molar-refractivity contribution in [3.63, 3.8) is 0 Å². The molecule has 5 heteroatoms. The number of aromatic nitrogens is 1. The predicted octanol–water partition coefficient (Wildman–Crippen LogP) is 2.66. The van der Waals surface area contributed by atoms with Crippen LogP contribution in [0.2, 0.25) is 0 Å². The summed E-state index contributed by atoms with van der Waals surface area (Å²) >= 11 is 0. The molecule has 3 aliphatic heterocycles. The van der Waals surface area contributed by atoms with Crippen LogP contribution in [0.3, 0.4) is 0 Å². The lowest BCUT2D eigenvalue weighted by Gasteiger charge is -2.40. The van der Waals surface area contributed by atoms with Gasteiger partial charge < -0.3 is 14.4 Å². The van der Waals surface area contributed by atoms with E-state index >= 15 is 0 Å². The SMILES string of the molecule is CC1([C@H]2CCCN(Cc3ccc(N4CCCC4)nc3)C2)OCCO1. The largest absolute Gasteiger partial charge is 0.357 e. The van der Waals surface area contributed by atoms with Crippen LogP contribution in [0.1, 0.15) is 38.2 Å². The summed E-state index contributed by atoms with van der Waals surface area (Å²) in [6, 6.07) is 4.43. The molecule has 0 spiro atoms. The lowest BCUT2D eigenvalue weighted by atomic mass is 9.90. The average Bonchev–Trinajstić information content (AvgIpc) is 3.28. The zero-order valence-corrected chi connectivity index (χ0v) is 14.7. The van der Waals surface area contributed by atoms with Gasteiger partial charge in [-0.3, -0.25) is 4.90 Å². The summed E-state index contributed by atoms with van der Waals surface area (Å²) in [4.78, 5) is 9.60. The van der Waals surface area contributed by atoms with E-state index in [-0.39, 0.29) is 5.79 Å². The van der Waals surface area contributed by atoms with Crippen LogP contribution in [0.5, 0.6) is 0 Å². The lowest BCUT2D eigenvalue weighted by Crippen LogP contribution is -2.46.